The van der Waals surface area contributed by atoms with Crippen LogP contribution in [0, 0.1) is 20.8 Å². The van der Waals surface area contributed by atoms with Crippen LogP contribution in [0.3, 0.4) is 0 Å². The van der Waals surface area contributed by atoms with E-state index in [0.29, 0.717) is 5.95 Å². The Hall–Kier alpha value is -3.34. The molecule has 0 bridgehead atoms. The van der Waals surface area contributed by atoms with Gasteiger partial charge in [0.15, 0.2) is 0 Å². The van der Waals surface area contributed by atoms with E-state index in [-0.39, 0.29) is 0 Å². The lowest BCUT2D eigenvalue weighted by molar-refractivity contribution is 0.981. The molecule has 5 heteroatoms. The van der Waals surface area contributed by atoms with E-state index < -0.39 is 0 Å². The molecule has 142 valence electrons. The van der Waals surface area contributed by atoms with E-state index in [2.05, 4.69) is 82.0 Å². The lowest BCUT2D eigenvalue weighted by Gasteiger charge is -2.11. The molecule has 0 spiro atoms. The second-order valence-electron chi connectivity index (χ2n) is 7.26. The monoisotopic (exact) mass is 371 g/mol. The van der Waals surface area contributed by atoms with E-state index in [1.54, 1.807) is 0 Å². The number of anilines is 3. The van der Waals surface area contributed by atoms with Gasteiger partial charge in [-0.05, 0) is 62.1 Å². The summed E-state index contributed by atoms with van der Waals surface area (Å²) in [6, 6.07) is 16.7. The summed E-state index contributed by atoms with van der Waals surface area (Å²) in [5.74, 6) is 1.44. The van der Waals surface area contributed by atoms with Gasteiger partial charge in [0.05, 0.1) is 0 Å². The SMILES string of the molecule is Cc1cc(C)cc(Nc2cc(C)nc(NCCc3c[nH]c4ccccc34)n2)c1. The highest BCUT2D eigenvalue weighted by molar-refractivity contribution is 5.83. The van der Waals surface area contributed by atoms with Crippen LogP contribution < -0.4 is 10.6 Å². The summed E-state index contributed by atoms with van der Waals surface area (Å²) in [4.78, 5) is 12.5. The minimum atomic E-state index is 0.645. The number of nitrogens with one attached hydrogen (secondary N) is 3. The lowest BCUT2D eigenvalue weighted by Crippen LogP contribution is -2.09. The van der Waals surface area contributed by atoms with Crippen molar-refractivity contribution in [3.63, 3.8) is 0 Å². The normalized spacial score (nSPS) is 11.0. The summed E-state index contributed by atoms with van der Waals surface area (Å²) in [5, 5.41) is 8.03. The topological polar surface area (TPSA) is 65.6 Å². The average Bonchev–Trinajstić information content (AvgIpc) is 3.04. The highest BCUT2D eigenvalue weighted by Gasteiger charge is 2.06. The number of nitrogens with zero attached hydrogens (tertiary/aromatic N) is 2. The van der Waals surface area contributed by atoms with E-state index in [1.807, 2.05) is 19.1 Å². The van der Waals surface area contributed by atoms with E-state index in [1.165, 1.54) is 27.6 Å². The molecule has 3 N–H and O–H groups in total. The Labute approximate surface area is 165 Å². The van der Waals surface area contributed by atoms with Gasteiger partial charge in [-0.2, -0.15) is 4.98 Å². The Morgan fingerprint density at radius 2 is 1.71 bits per heavy atom. The van der Waals surface area contributed by atoms with E-state index in [4.69, 9.17) is 0 Å². The van der Waals surface area contributed by atoms with Crippen molar-refractivity contribution in [3.05, 3.63) is 77.1 Å². The van der Waals surface area contributed by atoms with Crippen LogP contribution in [0.1, 0.15) is 22.4 Å². The zero-order valence-electron chi connectivity index (χ0n) is 16.5. The predicted octanol–water partition coefficient (Wildman–Crippen LogP) is 5.28. The number of aromatic amines is 1. The molecule has 2 aromatic heterocycles. The molecule has 0 unspecified atom stereocenters. The number of hydrogen-bond donors (Lipinski definition) is 3. The first-order chi connectivity index (χ1) is 13.6. The fourth-order valence-corrected chi connectivity index (χ4v) is 3.55. The number of rotatable bonds is 6. The third-order valence-corrected chi connectivity index (χ3v) is 4.70. The molecule has 5 nitrogen and oxygen atoms in total. The molecule has 0 fully saturated rings. The molecule has 0 atom stereocenters. The van der Waals surface area contributed by atoms with Crippen molar-refractivity contribution >= 4 is 28.4 Å². The van der Waals surface area contributed by atoms with Crippen LogP contribution in [0.15, 0.2) is 54.7 Å². The molecular formula is C23H25N5. The molecule has 0 radical (unpaired) electrons. The number of hydrogen-bond acceptors (Lipinski definition) is 4. The summed E-state index contributed by atoms with van der Waals surface area (Å²) in [6.45, 7) is 6.95. The molecule has 4 aromatic rings. The van der Waals surface area contributed by atoms with Gasteiger partial charge in [-0.25, -0.2) is 4.98 Å². The van der Waals surface area contributed by atoms with Crippen molar-refractivity contribution in [2.45, 2.75) is 27.2 Å². The van der Waals surface area contributed by atoms with Crippen molar-refractivity contribution in [2.24, 2.45) is 0 Å². The Morgan fingerprint density at radius 1 is 0.929 bits per heavy atom. The zero-order valence-corrected chi connectivity index (χ0v) is 16.5. The van der Waals surface area contributed by atoms with Crippen LogP contribution in [-0.4, -0.2) is 21.5 Å². The van der Waals surface area contributed by atoms with Crippen molar-refractivity contribution in [2.75, 3.05) is 17.2 Å². The van der Waals surface area contributed by atoms with Crippen LogP contribution in [0.4, 0.5) is 17.5 Å². The van der Waals surface area contributed by atoms with Gasteiger partial charge in [0.25, 0.3) is 0 Å². The first-order valence-corrected chi connectivity index (χ1v) is 9.57. The Kier molecular flexibility index (Phi) is 4.98. The van der Waals surface area contributed by atoms with Crippen LogP contribution in [0.5, 0.6) is 0 Å². The largest absolute Gasteiger partial charge is 0.361 e. The molecule has 0 aliphatic rings. The van der Waals surface area contributed by atoms with Crippen LogP contribution >= 0.6 is 0 Å². The van der Waals surface area contributed by atoms with Gasteiger partial charge in [0, 0.05) is 41.1 Å². The first kappa shape index (κ1) is 18.0. The van der Waals surface area contributed by atoms with E-state index >= 15 is 0 Å². The van der Waals surface area contributed by atoms with Gasteiger partial charge in [-0.1, -0.05) is 24.3 Å². The standard InChI is InChI=1S/C23H25N5/c1-15-10-16(2)12-19(11-15)27-22-13-17(3)26-23(28-22)24-9-8-18-14-25-21-7-5-4-6-20(18)21/h4-7,10-14,25H,8-9H2,1-3H3,(H2,24,26,27,28). The Bertz CT molecular complexity index is 1090. The number of aromatic nitrogens is 3. The summed E-state index contributed by atoms with van der Waals surface area (Å²) in [5.41, 5.74) is 6.89. The third kappa shape index (κ3) is 4.14. The maximum Gasteiger partial charge on any atom is 0.224 e. The molecule has 28 heavy (non-hydrogen) atoms. The van der Waals surface area contributed by atoms with Gasteiger partial charge in [-0.3, -0.25) is 0 Å². The van der Waals surface area contributed by atoms with E-state index in [9.17, 15) is 0 Å². The average molecular weight is 371 g/mol. The Morgan fingerprint density at radius 3 is 2.54 bits per heavy atom. The van der Waals surface area contributed by atoms with Crippen LogP contribution in [0.2, 0.25) is 0 Å². The lowest BCUT2D eigenvalue weighted by atomic mass is 10.1. The van der Waals surface area contributed by atoms with Gasteiger partial charge in [-0.15, -0.1) is 0 Å². The maximum atomic E-state index is 4.63. The number of H-pyrrole nitrogens is 1. The molecule has 0 saturated heterocycles. The highest BCUT2D eigenvalue weighted by Crippen LogP contribution is 2.20. The predicted molar refractivity (Wildman–Crippen MR) is 116 cm³/mol. The number of aryl methyl sites for hydroxylation is 3. The second-order valence-corrected chi connectivity index (χ2v) is 7.26. The molecule has 2 aromatic carbocycles. The van der Waals surface area contributed by atoms with Crippen LogP contribution in [0.25, 0.3) is 10.9 Å². The first-order valence-electron chi connectivity index (χ1n) is 9.57. The van der Waals surface area contributed by atoms with Crippen molar-refractivity contribution in [1.82, 2.24) is 15.0 Å². The van der Waals surface area contributed by atoms with Gasteiger partial charge < -0.3 is 15.6 Å². The third-order valence-electron chi connectivity index (χ3n) is 4.70. The molecular weight excluding hydrogens is 346 g/mol. The van der Waals surface area contributed by atoms with Gasteiger partial charge in [0.2, 0.25) is 5.95 Å². The van der Waals surface area contributed by atoms with Gasteiger partial charge >= 0.3 is 0 Å². The quantitative estimate of drug-likeness (QED) is 0.431. The van der Waals surface area contributed by atoms with Crippen molar-refractivity contribution in [1.29, 1.82) is 0 Å². The number of para-hydroxylation sites is 1. The Balaban J connectivity index is 1.45. The summed E-state index contributed by atoms with van der Waals surface area (Å²) < 4.78 is 0. The molecule has 4 rings (SSSR count). The van der Waals surface area contributed by atoms with Gasteiger partial charge in [0.1, 0.15) is 5.82 Å². The van der Waals surface area contributed by atoms with Crippen LogP contribution in [-0.2, 0) is 6.42 Å². The zero-order chi connectivity index (χ0) is 19.5. The summed E-state index contributed by atoms with van der Waals surface area (Å²) in [7, 11) is 0. The summed E-state index contributed by atoms with van der Waals surface area (Å²) in [6.07, 6.45) is 2.98. The highest BCUT2D eigenvalue weighted by atomic mass is 15.1. The van der Waals surface area contributed by atoms with Crippen molar-refractivity contribution < 1.29 is 0 Å². The van der Waals surface area contributed by atoms with E-state index in [0.717, 1.165) is 30.2 Å². The number of fused-ring (bicyclic) bond motifs is 1. The molecule has 0 amide bonds. The number of benzene rings is 2. The molecule has 0 aliphatic heterocycles. The molecule has 2 heterocycles. The van der Waals surface area contributed by atoms with Crippen molar-refractivity contribution in [3.8, 4) is 0 Å². The second kappa shape index (κ2) is 7.72. The fraction of sp³-hybridized carbons (Fsp3) is 0.217. The minimum absolute atomic E-state index is 0.645. The molecule has 0 aliphatic carbocycles. The summed E-state index contributed by atoms with van der Waals surface area (Å²) >= 11 is 0. The maximum absolute atomic E-state index is 4.63. The minimum Gasteiger partial charge on any atom is -0.361 e. The molecule has 0 saturated carbocycles. The fourth-order valence-electron chi connectivity index (χ4n) is 3.55. The smallest absolute Gasteiger partial charge is 0.224 e.